The number of methoxy groups -OCH3 is 1. The Morgan fingerprint density at radius 2 is 2.07 bits per heavy atom. The predicted molar refractivity (Wildman–Crippen MR) is 110 cm³/mol. The molecule has 1 fully saturated rings. The van der Waals surface area contributed by atoms with Crippen LogP contribution in [0.5, 0.6) is 5.75 Å². The highest BCUT2D eigenvalue weighted by Gasteiger charge is 2.26. The predicted octanol–water partition coefficient (Wildman–Crippen LogP) is 3.89. The Morgan fingerprint density at radius 1 is 1.28 bits per heavy atom. The lowest BCUT2D eigenvalue weighted by Gasteiger charge is -2.16. The summed E-state index contributed by atoms with van der Waals surface area (Å²) in [7, 11) is 1.63. The van der Waals surface area contributed by atoms with Crippen LogP contribution in [0, 0.1) is 5.82 Å². The van der Waals surface area contributed by atoms with Gasteiger partial charge in [0.05, 0.1) is 23.4 Å². The molecule has 0 aliphatic carbocycles. The monoisotopic (exact) mass is 414 g/mol. The fraction of sp³-hybridized carbons (Fsp3) is 0.238. The molecule has 1 amide bonds. The molecule has 1 aliphatic rings. The van der Waals surface area contributed by atoms with E-state index in [9.17, 15) is 9.18 Å². The van der Waals surface area contributed by atoms with E-state index in [1.165, 1.54) is 12.1 Å². The molecule has 6 nitrogen and oxygen atoms in total. The number of H-pyrrole nitrogens is 1. The highest BCUT2D eigenvalue weighted by Crippen LogP contribution is 2.26. The van der Waals surface area contributed by atoms with Crippen LogP contribution in [0.15, 0.2) is 48.5 Å². The zero-order valence-corrected chi connectivity index (χ0v) is 16.5. The van der Waals surface area contributed by atoms with E-state index < -0.39 is 5.82 Å². The number of rotatable bonds is 5. The Kier molecular flexibility index (Phi) is 5.40. The first-order valence-corrected chi connectivity index (χ1v) is 9.62. The Bertz CT molecular complexity index is 1020. The molecule has 3 aromatic rings. The summed E-state index contributed by atoms with van der Waals surface area (Å²) in [6.45, 7) is 1.38. The molecule has 8 heteroatoms. The maximum atomic E-state index is 13.4. The van der Waals surface area contributed by atoms with Crippen LogP contribution in [-0.2, 0) is 0 Å². The first-order valence-electron chi connectivity index (χ1n) is 9.24. The summed E-state index contributed by atoms with van der Waals surface area (Å²) < 4.78 is 18.6. The van der Waals surface area contributed by atoms with Crippen molar-refractivity contribution < 1.29 is 13.9 Å². The molecule has 0 spiro atoms. The highest BCUT2D eigenvalue weighted by atomic mass is 35.5. The van der Waals surface area contributed by atoms with Crippen molar-refractivity contribution in [2.24, 2.45) is 0 Å². The van der Waals surface area contributed by atoms with Crippen molar-refractivity contribution in [3.8, 4) is 17.0 Å². The molecule has 2 N–H and O–H groups in total. The van der Waals surface area contributed by atoms with E-state index >= 15 is 0 Å². The van der Waals surface area contributed by atoms with Gasteiger partial charge in [-0.2, -0.15) is 5.10 Å². The second kappa shape index (κ2) is 8.13. The number of anilines is 1. The molecular weight excluding hydrogens is 395 g/mol. The van der Waals surface area contributed by atoms with Gasteiger partial charge < -0.3 is 15.0 Å². The van der Waals surface area contributed by atoms with Crippen LogP contribution in [0.4, 0.5) is 10.2 Å². The zero-order chi connectivity index (χ0) is 20.4. The van der Waals surface area contributed by atoms with Crippen LogP contribution in [0.1, 0.15) is 16.8 Å². The molecule has 0 saturated carbocycles. The molecule has 29 heavy (non-hydrogen) atoms. The van der Waals surface area contributed by atoms with Crippen molar-refractivity contribution in [3.63, 3.8) is 0 Å². The summed E-state index contributed by atoms with van der Waals surface area (Å²) in [4.78, 5) is 14.5. The Morgan fingerprint density at radius 3 is 2.83 bits per heavy atom. The minimum atomic E-state index is -0.491. The lowest BCUT2D eigenvalue weighted by molar-refractivity contribution is 0.0940. The smallest absolute Gasteiger partial charge is 0.253 e. The van der Waals surface area contributed by atoms with Crippen LogP contribution >= 0.6 is 11.6 Å². The summed E-state index contributed by atoms with van der Waals surface area (Å²) in [5, 5.41) is 10.6. The maximum absolute atomic E-state index is 13.4. The lowest BCUT2D eigenvalue weighted by Crippen LogP contribution is -2.37. The van der Waals surface area contributed by atoms with Gasteiger partial charge in [0.2, 0.25) is 0 Å². The standard InChI is InChI=1S/C21H20ClFN4O2/c1-29-16-5-2-13(3-6-16)19-11-20(26-25-19)27-9-8-15(12-27)24-21(28)17-10-14(23)4-7-18(17)22/h2-7,10-11,15H,8-9,12H2,1H3,(H,24,28)(H,25,26). The van der Waals surface area contributed by atoms with Crippen LogP contribution in [0.25, 0.3) is 11.3 Å². The summed E-state index contributed by atoms with van der Waals surface area (Å²) in [6, 6.07) is 13.4. The first kappa shape index (κ1) is 19.3. The third-order valence-electron chi connectivity index (χ3n) is 4.99. The number of carbonyl (C=O) groups is 1. The molecule has 1 aromatic heterocycles. The van der Waals surface area contributed by atoms with E-state index in [4.69, 9.17) is 16.3 Å². The number of aromatic nitrogens is 2. The molecule has 1 aliphatic heterocycles. The molecule has 150 valence electrons. The van der Waals surface area contributed by atoms with Crippen LogP contribution in [0.2, 0.25) is 5.02 Å². The average molecular weight is 415 g/mol. The normalized spacial score (nSPS) is 16.1. The van der Waals surface area contributed by atoms with Gasteiger partial charge in [0.15, 0.2) is 5.82 Å². The van der Waals surface area contributed by atoms with Crippen molar-refractivity contribution in [2.75, 3.05) is 25.1 Å². The number of halogens is 2. The molecule has 1 saturated heterocycles. The fourth-order valence-electron chi connectivity index (χ4n) is 3.41. The van der Waals surface area contributed by atoms with Crippen molar-refractivity contribution >= 4 is 23.3 Å². The summed E-state index contributed by atoms with van der Waals surface area (Å²) >= 11 is 6.02. The number of nitrogens with one attached hydrogen (secondary N) is 2. The lowest BCUT2D eigenvalue weighted by atomic mass is 10.1. The number of carbonyl (C=O) groups excluding carboxylic acids is 1. The van der Waals surface area contributed by atoms with E-state index in [1.807, 2.05) is 30.3 Å². The third kappa shape index (κ3) is 4.19. The van der Waals surface area contributed by atoms with Crippen molar-refractivity contribution in [2.45, 2.75) is 12.5 Å². The third-order valence-corrected chi connectivity index (χ3v) is 5.32. The number of benzene rings is 2. The van der Waals surface area contributed by atoms with E-state index in [2.05, 4.69) is 20.4 Å². The van der Waals surface area contributed by atoms with E-state index in [1.54, 1.807) is 7.11 Å². The molecule has 1 unspecified atom stereocenters. The van der Waals surface area contributed by atoms with Gasteiger partial charge in [0.1, 0.15) is 11.6 Å². The van der Waals surface area contributed by atoms with Gasteiger partial charge in [-0.25, -0.2) is 4.39 Å². The number of amides is 1. The molecular formula is C21H20ClFN4O2. The summed E-state index contributed by atoms with van der Waals surface area (Å²) in [5.41, 5.74) is 2.06. The minimum absolute atomic E-state index is 0.0667. The number of hydrogen-bond acceptors (Lipinski definition) is 4. The van der Waals surface area contributed by atoms with Gasteiger partial charge in [-0.05, 0) is 54.4 Å². The summed E-state index contributed by atoms with van der Waals surface area (Å²) in [5.74, 6) is 0.749. The topological polar surface area (TPSA) is 70.2 Å². The van der Waals surface area contributed by atoms with Crippen LogP contribution in [0.3, 0.4) is 0 Å². The number of aromatic amines is 1. The van der Waals surface area contributed by atoms with Crippen molar-refractivity contribution in [1.29, 1.82) is 0 Å². The van der Waals surface area contributed by atoms with Gasteiger partial charge in [-0.1, -0.05) is 11.6 Å². The van der Waals surface area contributed by atoms with Gasteiger partial charge in [0.25, 0.3) is 5.91 Å². The van der Waals surface area contributed by atoms with Gasteiger partial charge in [-0.15, -0.1) is 0 Å². The van der Waals surface area contributed by atoms with Gasteiger partial charge in [0, 0.05) is 25.2 Å². The van der Waals surface area contributed by atoms with Gasteiger partial charge >= 0.3 is 0 Å². The molecule has 0 bridgehead atoms. The molecule has 0 radical (unpaired) electrons. The summed E-state index contributed by atoms with van der Waals surface area (Å²) in [6.07, 6.45) is 0.767. The van der Waals surface area contributed by atoms with Crippen LogP contribution < -0.4 is 15.0 Å². The second-order valence-electron chi connectivity index (χ2n) is 6.90. The molecule has 1 atom stereocenters. The largest absolute Gasteiger partial charge is 0.497 e. The zero-order valence-electron chi connectivity index (χ0n) is 15.8. The first-order chi connectivity index (χ1) is 14.0. The number of hydrogen-bond donors (Lipinski definition) is 2. The molecule has 2 aromatic carbocycles. The van der Waals surface area contributed by atoms with Crippen molar-refractivity contribution in [1.82, 2.24) is 15.5 Å². The van der Waals surface area contributed by atoms with E-state index in [0.29, 0.717) is 6.54 Å². The van der Waals surface area contributed by atoms with E-state index in [-0.39, 0.29) is 22.5 Å². The molecule has 2 heterocycles. The van der Waals surface area contributed by atoms with Crippen LogP contribution in [-0.4, -0.2) is 42.3 Å². The highest BCUT2D eigenvalue weighted by molar-refractivity contribution is 6.33. The quantitative estimate of drug-likeness (QED) is 0.664. The minimum Gasteiger partial charge on any atom is -0.497 e. The SMILES string of the molecule is COc1ccc(-c2cc(N3CCC(NC(=O)c4cc(F)ccc4Cl)C3)n[nH]2)cc1. The fourth-order valence-corrected chi connectivity index (χ4v) is 3.62. The second-order valence-corrected chi connectivity index (χ2v) is 7.30. The Balaban J connectivity index is 1.40. The number of ether oxygens (including phenoxy) is 1. The Hall–Kier alpha value is -3.06. The molecule has 4 rings (SSSR count). The van der Waals surface area contributed by atoms with Gasteiger partial charge in [-0.3, -0.25) is 9.89 Å². The number of nitrogens with zero attached hydrogens (tertiary/aromatic N) is 2. The Labute approximate surface area is 172 Å². The van der Waals surface area contributed by atoms with E-state index in [0.717, 1.165) is 41.9 Å². The maximum Gasteiger partial charge on any atom is 0.253 e. The average Bonchev–Trinajstić information content (AvgIpc) is 3.39. The van der Waals surface area contributed by atoms with Crippen molar-refractivity contribution in [3.05, 3.63) is 64.9 Å².